The van der Waals surface area contributed by atoms with E-state index in [2.05, 4.69) is 22.3 Å². The number of likely N-dealkylation sites (tertiary alicyclic amines) is 1. The van der Waals surface area contributed by atoms with Gasteiger partial charge in [-0.15, -0.1) is 0 Å². The number of amidine groups is 1. The number of aliphatic imine (C=N–C) groups is 1. The molecule has 1 unspecified atom stereocenters. The van der Waals surface area contributed by atoms with Gasteiger partial charge < -0.3 is 20.5 Å². The fraction of sp³-hybridized carbons (Fsp3) is 0.405. The van der Waals surface area contributed by atoms with Gasteiger partial charge >= 0.3 is 6.18 Å². The van der Waals surface area contributed by atoms with E-state index in [0.717, 1.165) is 55.3 Å². The lowest BCUT2D eigenvalue weighted by molar-refractivity contribution is -0.138. The largest absolute Gasteiger partial charge is 0.416 e. The van der Waals surface area contributed by atoms with Gasteiger partial charge in [-0.2, -0.15) is 13.2 Å². The lowest BCUT2D eigenvalue weighted by Gasteiger charge is -2.38. The van der Waals surface area contributed by atoms with Crippen molar-refractivity contribution in [3.63, 3.8) is 0 Å². The summed E-state index contributed by atoms with van der Waals surface area (Å²) in [5.74, 6) is -1.89. The number of Topliss-reactive ketones (excluding diaryl/α,β-unsaturated/α-hetero) is 1. The average molecular weight is 718 g/mol. The highest BCUT2D eigenvalue weighted by Gasteiger charge is 2.31. The Kier molecular flexibility index (Phi) is 15.1. The highest BCUT2D eigenvalue weighted by molar-refractivity contribution is 8.13. The maximum atomic E-state index is 14.1. The van der Waals surface area contributed by atoms with E-state index in [1.807, 2.05) is 29.2 Å². The fourth-order valence-electron chi connectivity index (χ4n) is 5.27. The average Bonchev–Trinajstić information content (AvgIpc) is 3.10. The Labute approximate surface area is 294 Å². The molecule has 13 heteroatoms. The number of carbonyl (C=O) groups is 2. The van der Waals surface area contributed by atoms with Crippen LogP contribution in [0.15, 0.2) is 71.7 Å². The molecule has 3 aromatic carbocycles. The summed E-state index contributed by atoms with van der Waals surface area (Å²) in [4.78, 5) is 32.3. The summed E-state index contributed by atoms with van der Waals surface area (Å²) < 4.78 is 66.6. The fourth-order valence-corrected chi connectivity index (χ4v) is 6.17. The Morgan fingerprint density at radius 3 is 2.10 bits per heavy atom. The molecule has 0 radical (unpaired) electrons. The first-order chi connectivity index (χ1) is 23.6. The monoisotopic (exact) mass is 717 g/mol. The van der Waals surface area contributed by atoms with E-state index < -0.39 is 29.4 Å². The number of rotatable bonds is 10. The van der Waals surface area contributed by atoms with Crippen molar-refractivity contribution in [3.8, 4) is 11.1 Å². The smallest absolute Gasteiger partial charge is 0.353 e. The number of thioether (sulfide) groups is 1. The first kappa shape index (κ1) is 40.3. The number of carbonyl (C=O) groups excluding carboxylic acids is 2. The van der Waals surface area contributed by atoms with Crippen LogP contribution in [0.2, 0.25) is 0 Å². The third-order valence-corrected chi connectivity index (χ3v) is 9.38. The predicted molar refractivity (Wildman–Crippen MR) is 190 cm³/mol. The van der Waals surface area contributed by atoms with Gasteiger partial charge in [-0.05, 0) is 81.2 Å². The molecule has 0 aromatic heterocycles. The third-order valence-electron chi connectivity index (χ3n) is 8.35. The van der Waals surface area contributed by atoms with E-state index in [-0.39, 0.29) is 34.8 Å². The van der Waals surface area contributed by atoms with Crippen molar-refractivity contribution in [2.24, 2.45) is 4.99 Å². The number of nitrogens with zero attached hydrogens (tertiary/aromatic N) is 3. The molecule has 0 spiro atoms. The molecule has 1 atom stereocenters. The van der Waals surface area contributed by atoms with E-state index in [9.17, 15) is 31.5 Å². The number of hydrogen-bond donors (Lipinski definition) is 2. The van der Waals surface area contributed by atoms with Gasteiger partial charge in [0.15, 0.2) is 22.6 Å². The van der Waals surface area contributed by atoms with Gasteiger partial charge in [0, 0.05) is 37.9 Å². The van der Waals surface area contributed by atoms with Crippen molar-refractivity contribution in [1.82, 2.24) is 15.1 Å². The van der Waals surface area contributed by atoms with Crippen LogP contribution in [0.25, 0.3) is 11.1 Å². The lowest BCUT2D eigenvalue weighted by Crippen LogP contribution is -2.52. The molecule has 4 rings (SSSR count). The minimum atomic E-state index is -4.39. The van der Waals surface area contributed by atoms with Crippen molar-refractivity contribution in [2.45, 2.75) is 70.6 Å². The van der Waals surface area contributed by atoms with Crippen molar-refractivity contribution >= 4 is 34.3 Å². The quantitative estimate of drug-likeness (QED) is 0.126. The molecule has 270 valence electrons. The number of alkyl halides is 3. The van der Waals surface area contributed by atoms with E-state index in [4.69, 9.17) is 5.41 Å². The molecule has 3 aromatic rings. The summed E-state index contributed by atoms with van der Waals surface area (Å²) >= 11 is 1.19. The van der Waals surface area contributed by atoms with Gasteiger partial charge in [0.05, 0.1) is 11.3 Å². The molecule has 1 amide bonds. The molecule has 1 aliphatic heterocycles. The molecule has 0 saturated carbocycles. The Bertz CT molecular complexity index is 1620. The normalized spacial score (nSPS) is 14.7. The van der Waals surface area contributed by atoms with Crippen LogP contribution in [0.5, 0.6) is 0 Å². The van der Waals surface area contributed by atoms with Crippen LogP contribution in [0.3, 0.4) is 0 Å². The van der Waals surface area contributed by atoms with Gasteiger partial charge in [0.25, 0.3) is 0 Å². The third kappa shape index (κ3) is 11.8. The second-order valence-electron chi connectivity index (χ2n) is 12.1. The van der Waals surface area contributed by atoms with Gasteiger partial charge in [-0.3, -0.25) is 14.6 Å². The highest BCUT2D eigenvalue weighted by Crippen LogP contribution is 2.31. The molecule has 0 bridgehead atoms. The Morgan fingerprint density at radius 1 is 1.02 bits per heavy atom. The summed E-state index contributed by atoms with van der Waals surface area (Å²) in [6, 6.07) is 15.9. The zero-order valence-corrected chi connectivity index (χ0v) is 29.7. The predicted octanol–water partition coefficient (Wildman–Crippen LogP) is 7.98. The molecule has 1 saturated heterocycles. The Morgan fingerprint density at radius 2 is 1.60 bits per heavy atom. The minimum Gasteiger partial charge on any atom is -0.353 e. The van der Waals surface area contributed by atoms with Crippen LogP contribution in [-0.4, -0.2) is 71.6 Å². The summed E-state index contributed by atoms with van der Waals surface area (Å²) in [6.07, 6.45) is -2.20. The van der Waals surface area contributed by atoms with Gasteiger partial charge in [0.2, 0.25) is 5.91 Å². The maximum absolute atomic E-state index is 14.1. The van der Waals surface area contributed by atoms with Crippen LogP contribution in [0.4, 0.5) is 22.0 Å². The van der Waals surface area contributed by atoms with Crippen molar-refractivity contribution in [1.29, 1.82) is 5.41 Å². The molecule has 0 aliphatic carbocycles. The van der Waals surface area contributed by atoms with Gasteiger partial charge in [-0.25, -0.2) is 8.78 Å². The van der Waals surface area contributed by atoms with E-state index >= 15 is 0 Å². The number of halogens is 5. The zero-order chi connectivity index (χ0) is 37.0. The SMILES string of the molecule is CCC(=N)C(C)=O.CN=C(NC(C)C(=O)N(Cc1ccc(-c2ccc(C(F)(F)F)cc2)cc1)C1CCN(C)CC1)SCc1cccc(F)c1F. The van der Waals surface area contributed by atoms with Crippen molar-refractivity contribution in [2.75, 3.05) is 27.2 Å². The number of benzene rings is 3. The summed E-state index contributed by atoms with van der Waals surface area (Å²) in [5, 5.41) is 10.4. The van der Waals surface area contributed by atoms with Gasteiger partial charge in [-0.1, -0.05) is 67.2 Å². The number of nitrogens with one attached hydrogen (secondary N) is 2. The molecule has 7 nitrogen and oxygen atoms in total. The van der Waals surface area contributed by atoms with Crippen molar-refractivity contribution in [3.05, 3.63) is 95.1 Å². The van der Waals surface area contributed by atoms with Gasteiger partial charge in [0.1, 0.15) is 6.04 Å². The second-order valence-corrected chi connectivity index (χ2v) is 13.0. The number of ketones is 1. The topological polar surface area (TPSA) is 88.9 Å². The van der Waals surface area contributed by atoms with Crippen molar-refractivity contribution < 1.29 is 31.5 Å². The Balaban J connectivity index is 0.000000872. The molecule has 50 heavy (non-hydrogen) atoms. The van der Waals surface area contributed by atoms with Crippen LogP contribution in [0.1, 0.15) is 56.7 Å². The molecular weight excluding hydrogens is 673 g/mol. The van der Waals surface area contributed by atoms with E-state index in [1.54, 1.807) is 20.9 Å². The molecule has 2 N–H and O–H groups in total. The second kappa shape index (κ2) is 18.8. The zero-order valence-electron chi connectivity index (χ0n) is 28.9. The Hall–Kier alpha value is -4.10. The van der Waals surface area contributed by atoms with Crippen LogP contribution in [-0.2, 0) is 28.1 Å². The lowest BCUT2D eigenvalue weighted by atomic mass is 10.00. The number of piperidine rings is 1. The maximum Gasteiger partial charge on any atom is 0.416 e. The summed E-state index contributed by atoms with van der Waals surface area (Å²) in [6.45, 7) is 7.05. The molecule has 1 aliphatic rings. The summed E-state index contributed by atoms with van der Waals surface area (Å²) in [7, 11) is 3.62. The standard InChI is InChI=1S/C32H35F5N4OS.C5H9NO/c1-21(39-31(38-2)43-20-25-5-4-6-28(33)29(25)34)30(42)41(27-15-17-40(3)18-16-27)19-22-7-9-23(10-8-22)24-11-13-26(14-12-24)32(35,36)37;1-3-5(6)4(2)7/h4-14,21,27H,15-20H2,1-3H3,(H,38,39);6H,3H2,1-2H3. The van der Waals surface area contributed by atoms with Crippen LogP contribution in [0, 0.1) is 17.0 Å². The van der Waals surface area contributed by atoms with Crippen LogP contribution < -0.4 is 5.32 Å². The van der Waals surface area contributed by atoms with Crippen LogP contribution >= 0.6 is 11.8 Å². The van der Waals surface area contributed by atoms with E-state index in [1.165, 1.54) is 43.0 Å². The first-order valence-corrected chi connectivity index (χ1v) is 17.3. The number of hydrogen-bond acceptors (Lipinski definition) is 6. The first-order valence-electron chi connectivity index (χ1n) is 16.3. The molecule has 1 fully saturated rings. The molecule has 1 heterocycles. The minimum absolute atomic E-state index is 0.0265. The molecular formula is C37H44F5N5O2S. The number of amides is 1. The summed E-state index contributed by atoms with van der Waals surface area (Å²) in [5.41, 5.74) is 2.07. The highest BCUT2D eigenvalue weighted by atomic mass is 32.2. The van der Waals surface area contributed by atoms with E-state index in [0.29, 0.717) is 23.7 Å².